The Balaban J connectivity index is 1.85. The SMILES string of the molecule is CCc1ccc(C2=CCN(c3nccc(C#N)c3[N+](=O)[O-])CC2)cc1. The lowest BCUT2D eigenvalue weighted by Gasteiger charge is -2.27. The fourth-order valence-corrected chi connectivity index (χ4v) is 3.02. The van der Waals surface area contributed by atoms with Gasteiger partial charge in [0.25, 0.3) is 0 Å². The van der Waals surface area contributed by atoms with Gasteiger partial charge in [0.05, 0.1) is 4.92 Å². The molecule has 126 valence electrons. The first-order chi connectivity index (χ1) is 12.1. The fraction of sp³-hybridized carbons (Fsp3) is 0.263. The molecule has 6 heteroatoms. The highest BCUT2D eigenvalue weighted by Crippen LogP contribution is 2.32. The van der Waals surface area contributed by atoms with E-state index in [0.29, 0.717) is 13.1 Å². The zero-order chi connectivity index (χ0) is 17.8. The number of aromatic nitrogens is 1. The summed E-state index contributed by atoms with van der Waals surface area (Å²) < 4.78 is 0. The molecule has 0 amide bonds. The molecule has 0 unspecified atom stereocenters. The van der Waals surface area contributed by atoms with Gasteiger partial charge >= 0.3 is 5.69 Å². The number of hydrogen-bond acceptors (Lipinski definition) is 5. The molecule has 6 nitrogen and oxygen atoms in total. The second-order valence-corrected chi connectivity index (χ2v) is 5.88. The molecule has 3 rings (SSSR count). The van der Waals surface area contributed by atoms with Gasteiger partial charge in [-0.2, -0.15) is 5.26 Å². The maximum atomic E-state index is 11.4. The maximum Gasteiger partial charge on any atom is 0.329 e. The average Bonchev–Trinajstić information content (AvgIpc) is 2.67. The van der Waals surface area contributed by atoms with Gasteiger partial charge < -0.3 is 4.90 Å². The fourth-order valence-electron chi connectivity index (χ4n) is 3.02. The summed E-state index contributed by atoms with van der Waals surface area (Å²) in [5, 5.41) is 20.5. The minimum Gasteiger partial charge on any atom is -0.347 e. The molecule has 0 atom stereocenters. The van der Waals surface area contributed by atoms with Crippen molar-refractivity contribution in [1.29, 1.82) is 5.26 Å². The third-order valence-electron chi connectivity index (χ3n) is 4.45. The number of pyridine rings is 1. The van der Waals surface area contributed by atoms with Gasteiger partial charge in [-0.15, -0.1) is 0 Å². The van der Waals surface area contributed by atoms with E-state index in [-0.39, 0.29) is 17.1 Å². The molecule has 0 bridgehead atoms. The van der Waals surface area contributed by atoms with Crippen LogP contribution in [0.2, 0.25) is 0 Å². The summed E-state index contributed by atoms with van der Waals surface area (Å²) >= 11 is 0. The van der Waals surface area contributed by atoms with Crippen LogP contribution in [0.5, 0.6) is 0 Å². The van der Waals surface area contributed by atoms with E-state index in [4.69, 9.17) is 5.26 Å². The summed E-state index contributed by atoms with van der Waals surface area (Å²) in [6.45, 7) is 3.29. The lowest BCUT2D eigenvalue weighted by molar-refractivity contribution is -0.384. The van der Waals surface area contributed by atoms with Crippen molar-refractivity contribution >= 4 is 17.1 Å². The van der Waals surface area contributed by atoms with Crippen molar-refractivity contribution in [3.8, 4) is 6.07 Å². The minimum atomic E-state index is -0.524. The van der Waals surface area contributed by atoms with Crippen LogP contribution in [0, 0.1) is 21.4 Å². The van der Waals surface area contributed by atoms with E-state index in [1.807, 2.05) is 11.0 Å². The number of rotatable bonds is 4. The molecule has 0 saturated heterocycles. The number of aryl methyl sites for hydroxylation is 1. The lowest BCUT2D eigenvalue weighted by Crippen LogP contribution is -2.29. The van der Waals surface area contributed by atoms with Crippen LogP contribution in [-0.4, -0.2) is 23.0 Å². The van der Waals surface area contributed by atoms with Gasteiger partial charge in [0.2, 0.25) is 5.82 Å². The molecular weight excluding hydrogens is 316 g/mol. The van der Waals surface area contributed by atoms with Gasteiger partial charge in [0.15, 0.2) is 0 Å². The first-order valence-electron chi connectivity index (χ1n) is 8.20. The van der Waals surface area contributed by atoms with E-state index < -0.39 is 4.92 Å². The van der Waals surface area contributed by atoms with Gasteiger partial charge in [-0.3, -0.25) is 10.1 Å². The van der Waals surface area contributed by atoms with Crippen LogP contribution in [0.4, 0.5) is 11.5 Å². The molecule has 0 saturated carbocycles. The molecule has 2 aromatic rings. The summed E-state index contributed by atoms with van der Waals surface area (Å²) in [5.41, 5.74) is 3.55. The predicted octanol–water partition coefficient (Wildman–Crippen LogP) is 3.72. The summed E-state index contributed by atoms with van der Waals surface area (Å²) in [5.74, 6) is 0.265. The minimum absolute atomic E-state index is 0.0416. The molecule has 0 N–H and O–H groups in total. The lowest BCUT2D eigenvalue weighted by atomic mass is 9.98. The highest BCUT2D eigenvalue weighted by molar-refractivity contribution is 5.71. The summed E-state index contributed by atoms with van der Waals surface area (Å²) in [4.78, 5) is 16.8. The van der Waals surface area contributed by atoms with Crippen molar-refractivity contribution in [2.24, 2.45) is 0 Å². The van der Waals surface area contributed by atoms with E-state index >= 15 is 0 Å². The molecule has 0 aliphatic carbocycles. The third kappa shape index (κ3) is 3.36. The smallest absolute Gasteiger partial charge is 0.329 e. The normalized spacial score (nSPS) is 13.9. The van der Waals surface area contributed by atoms with Gasteiger partial charge in [0, 0.05) is 19.3 Å². The maximum absolute atomic E-state index is 11.4. The van der Waals surface area contributed by atoms with Crippen LogP contribution in [0.25, 0.3) is 5.57 Å². The largest absolute Gasteiger partial charge is 0.347 e. The highest BCUT2D eigenvalue weighted by atomic mass is 16.6. The number of benzene rings is 1. The van der Waals surface area contributed by atoms with E-state index in [2.05, 4.69) is 42.2 Å². The van der Waals surface area contributed by atoms with Gasteiger partial charge in [-0.25, -0.2) is 4.98 Å². The first-order valence-corrected chi connectivity index (χ1v) is 8.20. The Morgan fingerprint density at radius 3 is 2.64 bits per heavy atom. The van der Waals surface area contributed by atoms with Crippen molar-refractivity contribution in [1.82, 2.24) is 4.98 Å². The molecule has 1 aromatic carbocycles. The Hall–Kier alpha value is -3.20. The van der Waals surface area contributed by atoms with Gasteiger partial charge in [0.1, 0.15) is 11.6 Å². The molecule has 0 spiro atoms. The zero-order valence-electron chi connectivity index (χ0n) is 14.0. The second-order valence-electron chi connectivity index (χ2n) is 5.88. The Morgan fingerprint density at radius 1 is 1.32 bits per heavy atom. The van der Waals surface area contributed by atoms with Crippen LogP contribution in [-0.2, 0) is 6.42 Å². The Bertz CT molecular complexity index is 866. The molecule has 1 aliphatic rings. The quantitative estimate of drug-likeness (QED) is 0.628. The van der Waals surface area contributed by atoms with E-state index in [0.717, 1.165) is 12.8 Å². The molecule has 2 heterocycles. The molecule has 0 fully saturated rings. The predicted molar refractivity (Wildman–Crippen MR) is 96.2 cm³/mol. The summed E-state index contributed by atoms with van der Waals surface area (Å²) in [7, 11) is 0. The van der Waals surface area contributed by atoms with Gasteiger partial charge in [-0.1, -0.05) is 37.3 Å². The first kappa shape index (κ1) is 16.7. The summed E-state index contributed by atoms with van der Waals surface area (Å²) in [6.07, 6.45) is 5.32. The Morgan fingerprint density at radius 2 is 2.08 bits per heavy atom. The topological polar surface area (TPSA) is 83.1 Å². The monoisotopic (exact) mass is 334 g/mol. The van der Waals surface area contributed by atoms with Gasteiger partial charge in [-0.05, 0) is 35.6 Å². The Labute approximate surface area is 146 Å². The number of nitriles is 1. The molecule has 1 aromatic heterocycles. The zero-order valence-corrected chi connectivity index (χ0v) is 14.0. The van der Waals surface area contributed by atoms with Crippen LogP contribution in [0.3, 0.4) is 0 Å². The number of nitro groups is 1. The molecule has 1 aliphatic heterocycles. The van der Waals surface area contributed by atoms with Crippen LogP contribution < -0.4 is 4.90 Å². The van der Waals surface area contributed by atoms with Crippen LogP contribution in [0.15, 0.2) is 42.6 Å². The third-order valence-corrected chi connectivity index (χ3v) is 4.45. The highest BCUT2D eigenvalue weighted by Gasteiger charge is 2.26. The van der Waals surface area contributed by atoms with Crippen molar-refractivity contribution < 1.29 is 4.92 Å². The second kappa shape index (κ2) is 7.14. The van der Waals surface area contributed by atoms with E-state index in [9.17, 15) is 10.1 Å². The molecular formula is C19H18N4O2. The van der Waals surface area contributed by atoms with Crippen molar-refractivity contribution in [2.75, 3.05) is 18.0 Å². The summed E-state index contributed by atoms with van der Waals surface area (Å²) in [6, 6.07) is 11.8. The Kier molecular flexibility index (Phi) is 4.75. The van der Waals surface area contributed by atoms with Crippen molar-refractivity contribution in [3.63, 3.8) is 0 Å². The van der Waals surface area contributed by atoms with Crippen molar-refractivity contribution in [3.05, 3.63) is 69.4 Å². The number of anilines is 1. The van der Waals surface area contributed by atoms with E-state index in [1.54, 1.807) is 0 Å². The van der Waals surface area contributed by atoms with E-state index in [1.165, 1.54) is 29.0 Å². The number of hydrogen-bond donors (Lipinski definition) is 0. The number of nitrogens with zero attached hydrogens (tertiary/aromatic N) is 4. The van der Waals surface area contributed by atoms with Crippen molar-refractivity contribution in [2.45, 2.75) is 19.8 Å². The molecule has 0 radical (unpaired) electrons. The van der Waals surface area contributed by atoms with Crippen LogP contribution >= 0.6 is 0 Å². The average molecular weight is 334 g/mol. The van der Waals surface area contributed by atoms with Crippen LogP contribution in [0.1, 0.15) is 30.0 Å². The standard InChI is InChI=1S/C19H18N4O2/c1-2-14-3-5-15(6-4-14)16-8-11-22(12-9-16)19-18(23(24)25)17(13-20)7-10-21-19/h3-8,10H,2,9,11-12H2,1H3. The molecule has 25 heavy (non-hydrogen) atoms.